The molecule has 0 bridgehead atoms. The summed E-state index contributed by atoms with van der Waals surface area (Å²) in [5, 5.41) is 13.7. The van der Waals surface area contributed by atoms with Gasteiger partial charge < -0.3 is 29.7 Å². The van der Waals surface area contributed by atoms with E-state index in [2.05, 4.69) is 19.2 Å². The molecule has 0 radical (unpaired) electrons. The average Bonchev–Trinajstić information content (AvgIpc) is 3.65. The van der Waals surface area contributed by atoms with Gasteiger partial charge in [-0.1, -0.05) is 71.4 Å². The van der Waals surface area contributed by atoms with E-state index in [1.165, 1.54) is 0 Å². The summed E-state index contributed by atoms with van der Waals surface area (Å²) >= 11 is 0. The molecule has 242 valence electrons. The number of rotatable bonds is 16. The van der Waals surface area contributed by atoms with E-state index in [0.717, 1.165) is 24.8 Å². The zero-order valence-electron chi connectivity index (χ0n) is 27.7. The highest BCUT2D eigenvalue weighted by atomic mass is 16.5. The van der Waals surface area contributed by atoms with Gasteiger partial charge in [-0.25, -0.2) is 0 Å². The largest absolute Gasteiger partial charge is 0.386 e. The van der Waals surface area contributed by atoms with Crippen molar-refractivity contribution in [3.05, 3.63) is 35.9 Å². The molecule has 1 aromatic rings. The molecule has 1 aliphatic carbocycles. The molecule has 1 aromatic carbocycles. The molecule has 2 N–H and O–H groups in total. The minimum absolute atomic E-state index is 0.0256. The predicted octanol–water partition coefficient (Wildman–Crippen LogP) is 4.19. The maximum Gasteiger partial charge on any atom is 0.225 e. The molecule has 9 nitrogen and oxygen atoms in total. The number of methoxy groups -OCH3 is 2. The van der Waals surface area contributed by atoms with Crippen molar-refractivity contribution in [2.75, 3.05) is 21.3 Å². The lowest BCUT2D eigenvalue weighted by Gasteiger charge is -2.40. The van der Waals surface area contributed by atoms with Crippen LogP contribution in [0.2, 0.25) is 0 Å². The van der Waals surface area contributed by atoms with Crippen LogP contribution < -0.4 is 5.32 Å². The monoisotopic (exact) mass is 601 g/mol. The molecule has 0 aromatic heterocycles. The van der Waals surface area contributed by atoms with Crippen molar-refractivity contribution in [1.82, 2.24) is 15.1 Å². The van der Waals surface area contributed by atoms with Crippen molar-refractivity contribution < 1.29 is 29.0 Å². The van der Waals surface area contributed by atoms with E-state index in [1.807, 2.05) is 63.1 Å². The van der Waals surface area contributed by atoms with Gasteiger partial charge in [0.15, 0.2) is 0 Å². The Kier molecular flexibility index (Phi) is 12.6. The fraction of sp³-hybridized carbons (Fsp3) is 0.735. The average molecular weight is 602 g/mol. The molecule has 1 aliphatic heterocycles. The van der Waals surface area contributed by atoms with Crippen LogP contribution in [0.3, 0.4) is 0 Å². The van der Waals surface area contributed by atoms with Gasteiger partial charge in [0.25, 0.3) is 0 Å². The SMILES string of the molecule is CC[C@H](C)[C@@H]([C@@H](CC(=O)N1[C@H]2C[C@H]2C[C@H]1[C@H](OC)[C@@H](C)C(=O)N[C@H](C)C(O)c1ccccc1)OC)N(C)C(=O)CC(C)C. The van der Waals surface area contributed by atoms with Crippen LogP contribution in [0.4, 0.5) is 0 Å². The molecule has 3 amide bonds. The minimum atomic E-state index is -0.842. The van der Waals surface area contributed by atoms with Gasteiger partial charge >= 0.3 is 0 Å². The normalized spacial score (nSPS) is 24.3. The number of aliphatic hydroxyl groups is 1. The maximum absolute atomic E-state index is 14.0. The summed E-state index contributed by atoms with van der Waals surface area (Å²) < 4.78 is 11.9. The Balaban J connectivity index is 1.73. The predicted molar refractivity (Wildman–Crippen MR) is 167 cm³/mol. The summed E-state index contributed by atoms with van der Waals surface area (Å²) in [5.74, 6) is 0.0534. The Labute approximate surface area is 258 Å². The van der Waals surface area contributed by atoms with Crippen LogP contribution in [0.1, 0.15) is 85.3 Å². The fourth-order valence-corrected chi connectivity index (χ4v) is 6.89. The van der Waals surface area contributed by atoms with Crippen LogP contribution in [0.5, 0.6) is 0 Å². The molecule has 0 spiro atoms. The van der Waals surface area contributed by atoms with Gasteiger partial charge in [-0.3, -0.25) is 14.4 Å². The number of hydrogen-bond donors (Lipinski definition) is 2. The van der Waals surface area contributed by atoms with Crippen LogP contribution in [0.25, 0.3) is 0 Å². The molecule has 3 rings (SSSR count). The van der Waals surface area contributed by atoms with Crippen molar-refractivity contribution in [3.8, 4) is 0 Å². The molecule has 1 heterocycles. The summed E-state index contributed by atoms with van der Waals surface area (Å²) in [6, 6.07) is 8.43. The number of nitrogens with zero attached hydrogens (tertiary/aromatic N) is 2. The van der Waals surface area contributed by atoms with Crippen molar-refractivity contribution in [2.45, 2.75) is 116 Å². The van der Waals surface area contributed by atoms with Gasteiger partial charge in [0.1, 0.15) is 0 Å². The first kappa shape index (κ1) is 35.0. The van der Waals surface area contributed by atoms with E-state index in [4.69, 9.17) is 9.47 Å². The molecule has 1 saturated heterocycles. The molecule has 2 aliphatic rings. The summed E-state index contributed by atoms with van der Waals surface area (Å²) in [7, 11) is 5.03. The smallest absolute Gasteiger partial charge is 0.225 e. The summed E-state index contributed by atoms with van der Waals surface area (Å²) in [5.41, 5.74) is 0.735. The number of fused-ring (bicyclic) bond motifs is 1. The lowest BCUT2D eigenvalue weighted by atomic mass is 9.89. The third-order valence-corrected chi connectivity index (χ3v) is 9.68. The Morgan fingerprint density at radius 3 is 2.23 bits per heavy atom. The van der Waals surface area contributed by atoms with Crippen molar-refractivity contribution >= 4 is 17.7 Å². The molecular formula is C34H55N3O6. The molecule has 10 atom stereocenters. The van der Waals surface area contributed by atoms with Crippen LogP contribution in [0.15, 0.2) is 30.3 Å². The van der Waals surface area contributed by atoms with E-state index in [1.54, 1.807) is 26.0 Å². The van der Waals surface area contributed by atoms with Gasteiger partial charge in [0, 0.05) is 33.7 Å². The zero-order chi connectivity index (χ0) is 32.0. The number of ether oxygens (including phenoxy) is 2. The topological polar surface area (TPSA) is 108 Å². The van der Waals surface area contributed by atoms with E-state index in [0.29, 0.717) is 12.3 Å². The first-order valence-electron chi connectivity index (χ1n) is 16.0. The van der Waals surface area contributed by atoms with Gasteiger partial charge in [-0.15, -0.1) is 0 Å². The second-order valence-corrected chi connectivity index (χ2v) is 13.3. The van der Waals surface area contributed by atoms with E-state index < -0.39 is 30.3 Å². The fourth-order valence-electron chi connectivity index (χ4n) is 6.89. The van der Waals surface area contributed by atoms with Crippen LogP contribution in [-0.2, 0) is 23.9 Å². The second-order valence-electron chi connectivity index (χ2n) is 13.3. The number of hydrogen-bond acceptors (Lipinski definition) is 6. The number of benzene rings is 1. The number of carbonyl (C=O) groups excluding carboxylic acids is 3. The first-order valence-corrected chi connectivity index (χ1v) is 16.0. The number of carbonyl (C=O) groups is 3. The van der Waals surface area contributed by atoms with Gasteiger partial charge in [-0.2, -0.15) is 0 Å². The maximum atomic E-state index is 14.0. The highest BCUT2D eigenvalue weighted by molar-refractivity contribution is 5.81. The van der Waals surface area contributed by atoms with E-state index in [-0.39, 0.29) is 54.1 Å². The third kappa shape index (κ3) is 8.37. The Bertz CT molecular complexity index is 1070. The Morgan fingerprint density at radius 1 is 1.02 bits per heavy atom. The summed E-state index contributed by atoms with van der Waals surface area (Å²) in [6.45, 7) is 11.9. The molecular weight excluding hydrogens is 546 g/mol. The number of amides is 3. The second kappa shape index (κ2) is 15.5. The van der Waals surface area contributed by atoms with Crippen molar-refractivity contribution in [2.24, 2.45) is 23.7 Å². The molecule has 9 heteroatoms. The standard InChI is InChI=1S/C34H55N3O6/c1-10-21(4)31(36(7)29(38)16-20(2)3)28(42-8)19-30(39)37-26-17-25(26)18-27(37)33(43-9)22(5)34(41)35-23(6)32(40)24-14-12-11-13-15-24/h11-15,20-23,25-28,31-33,40H,10,16-19H2,1-9H3,(H,35,41)/t21-,22+,23+,25-,26-,27-,28+,31-,32?,33+/m0/s1. The third-order valence-electron chi connectivity index (χ3n) is 9.68. The van der Waals surface area contributed by atoms with Gasteiger partial charge in [0.05, 0.1) is 48.8 Å². The molecule has 43 heavy (non-hydrogen) atoms. The number of likely N-dealkylation sites (N-methyl/N-ethyl adjacent to an activating group) is 1. The number of likely N-dealkylation sites (tertiary alicyclic amines) is 1. The van der Waals surface area contributed by atoms with Gasteiger partial charge in [-0.05, 0) is 43.1 Å². The molecule has 1 saturated carbocycles. The highest BCUT2D eigenvalue weighted by Crippen LogP contribution is 2.50. The first-order chi connectivity index (χ1) is 20.4. The Morgan fingerprint density at radius 2 is 1.67 bits per heavy atom. The summed E-state index contributed by atoms with van der Waals surface area (Å²) in [4.78, 5) is 44.2. The number of aliphatic hydroxyl groups excluding tert-OH is 1. The molecule has 2 fully saturated rings. The zero-order valence-corrected chi connectivity index (χ0v) is 27.7. The van der Waals surface area contributed by atoms with Crippen molar-refractivity contribution in [1.29, 1.82) is 0 Å². The Hall–Kier alpha value is -2.49. The van der Waals surface area contributed by atoms with Crippen LogP contribution in [-0.4, -0.2) is 90.3 Å². The van der Waals surface area contributed by atoms with E-state index >= 15 is 0 Å². The van der Waals surface area contributed by atoms with Crippen molar-refractivity contribution in [3.63, 3.8) is 0 Å². The molecule has 1 unspecified atom stereocenters. The number of nitrogens with one attached hydrogen (secondary N) is 1. The quantitative estimate of drug-likeness (QED) is 0.294. The van der Waals surface area contributed by atoms with E-state index in [9.17, 15) is 19.5 Å². The number of piperidine rings is 1. The lowest BCUT2D eigenvalue weighted by molar-refractivity contribution is -0.147. The van der Waals surface area contributed by atoms with Crippen LogP contribution in [0, 0.1) is 23.7 Å². The lowest BCUT2D eigenvalue weighted by Crippen LogP contribution is -2.54. The minimum Gasteiger partial charge on any atom is -0.386 e. The highest BCUT2D eigenvalue weighted by Gasteiger charge is 2.57. The summed E-state index contributed by atoms with van der Waals surface area (Å²) in [6.07, 6.45) is 1.40. The van der Waals surface area contributed by atoms with Gasteiger partial charge in [0.2, 0.25) is 17.7 Å². The van der Waals surface area contributed by atoms with Crippen LogP contribution >= 0.6 is 0 Å².